The van der Waals surface area contributed by atoms with Gasteiger partial charge in [0.2, 0.25) is 0 Å². The van der Waals surface area contributed by atoms with E-state index in [2.05, 4.69) is 29.6 Å². The molecule has 0 spiro atoms. The summed E-state index contributed by atoms with van der Waals surface area (Å²) in [6.45, 7) is 1.01. The Labute approximate surface area is 155 Å². The van der Waals surface area contributed by atoms with Crippen molar-refractivity contribution in [1.82, 2.24) is 5.32 Å². The zero-order valence-electron chi connectivity index (χ0n) is 13.3. The highest BCUT2D eigenvalue weighted by Gasteiger charge is 2.29. The molecule has 1 fully saturated rings. The van der Waals surface area contributed by atoms with Gasteiger partial charge in [-0.1, -0.05) is 42.5 Å². The fraction of sp³-hybridized carbons (Fsp3) is 0.333. The van der Waals surface area contributed by atoms with Crippen LogP contribution in [0.5, 0.6) is 5.75 Å². The molecule has 0 saturated carbocycles. The van der Waals surface area contributed by atoms with Crippen molar-refractivity contribution in [2.75, 3.05) is 13.1 Å². The van der Waals surface area contributed by atoms with Crippen LogP contribution in [-0.4, -0.2) is 36.4 Å². The van der Waals surface area contributed by atoms with Gasteiger partial charge < -0.3 is 20.9 Å². The number of hydrogen-bond donors (Lipinski definition) is 3. The van der Waals surface area contributed by atoms with E-state index in [0.29, 0.717) is 0 Å². The molecule has 24 heavy (non-hydrogen) atoms. The maximum Gasteiger partial charge on any atom is 0.120 e. The van der Waals surface area contributed by atoms with Gasteiger partial charge in [-0.25, -0.2) is 0 Å². The van der Waals surface area contributed by atoms with Crippen LogP contribution in [0.4, 0.5) is 0 Å². The van der Waals surface area contributed by atoms with Gasteiger partial charge in [0.15, 0.2) is 0 Å². The molecule has 4 nitrogen and oxygen atoms in total. The molecule has 1 aliphatic heterocycles. The highest BCUT2D eigenvalue weighted by atomic mass is 35.5. The van der Waals surface area contributed by atoms with Crippen LogP contribution >= 0.6 is 24.8 Å². The van der Waals surface area contributed by atoms with Crippen molar-refractivity contribution >= 4 is 24.8 Å². The molecule has 0 radical (unpaired) electrons. The lowest BCUT2D eigenvalue weighted by Crippen LogP contribution is -2.39. The molecule has 132 valence electrons. The summed E-state index contributed by atoms with van der Waals surface area (Å²) < 4.78 is 6.05. The van der Waals surface area contributed by atoms with E-state index < -0.39 is 6.10 Å². The zero-order chi connectivity index (χ0) is 15.4. The standard InChI is InChI=1S/C18H22N2O2.2ClH/c19-11-18(21)17-10-16(12-20-17)22-15-8-4-7-14(9-15)13-5-2-1-3-6-13;;/h1-9,16-18,20-21H,10-12,19H2;2*1H/t16-,17+,18?;;/m1../s1. The Balaban J connectivity index is 0.00000144. The fourth-order valence-corrected chi connectivity index (χ4v) is 2.85. The predicted octanol–water partition coefficient (Wildman–Crippen LogP) is 2.63. The van der Waals surface area contributed by atoms with Gasteiger partial charge in [-0.2, -0.15) is 0 Å². The summed E-state index contributed by atoms with van der Waals surface area (Å²) in [7, 11) is 0. The molecule has 2 aromatic carbocycles. The van der Waals surface area contributed by atoms with Crippen LogP contribution in [0, 0.1) is 0 Å². The minimum Gasteiger partial charge on any atom is -0.489 e. The van der Waals surface area contributed by atoms with E-state index in [4.69, 9.17) is 10.5 Å². The quantitative estimate of drug-likeness (QED) is 0.756. The summed E-state index contributed by atoms with van der Waals surface area (Å²) in [6.07, 6.45) is 0.329. The van der Waals surface area contributed by atoms with Gasteiger partial charge >= 0.3 is 0 Å². The third-order valence-electron chi connectivity index (χ3n) is 4.07. The van der Waals surface area contributed by atoms with Crippen LogP contribution < -0.4 is 15.8 Å². The van der Waals surface area contributed by atoms with Crippen LogP contribution in [-0.2, 0) is 0 Å². The smallest absolute Gasteiger partial charge is 0.120 e. The van der Waals surface area contributed by atoms with E-state index in [1.54, 1.807) is 0 Å². The molecule has 6 heteroatoms. The van der Waals surface area contributed by atoms with E-state index in [1.807, 2.05) is 30.3 Å². The van der Waals surface area contributed by atoms with Gasteiger partial charge in [-0.05, 0) is 23.3 Å². The lowest BCUT2D eigenvalue weighted by atomic mass is 10.1. The molecule has 1 unspecified atom stereocenters. The minimum absolute atomic E-state index is 0. The second-order valence-corrected chi connectivity index (χ2v) is 5.69. The Morgan fingerprint density at radius 1 is 1.08 bits per heavy atom. The van der Waals surface area contributed by atoms with Crippen LogP contribution in [0.1, 0.15) is 6.42 Å². The Hall–Kier alpha value is -1.30. The predicted molar refractivity (Wildman–Crippen MR) is 102 cm³/mol. The second-order valence-electron chi connectivity index (χ2n) is 5.69. The van der Waals surface area contributed by atoms with Crippen molar-refractivity contribution in [1.29, 1.82) is 0 Å². The van der Waals surface area contributed by atoms with Crippen molar-refractivity contribution in [2.45, 2.75) is 24.7 Å². The summed E-state index contributed by atoms with van der Waals surface area (Å²) in [6, 6.07) is 18.4. The average Bonchev–Trinajstić information content (AvgIpc) is 3.04. The maximum atomic E-state index is 9.79. The second kappa shape index (κ2) is 9.87. The molecular formula is C18H24Cl2N2O2. The first-order valence-corrected chi connectivity index (χ1v) is 7.70. The summed E-state index contributed by atoms with van der Waals surface area (Å²) in [5.41, 5.74) is 7.82. The van der Waals surface area contributed by atoms with Crippen LogP contribution in [0.25, 0.3) is 11.1 Å². The van der Waals surface area contributed by atoms with Gasteiger partial charge in [-0.15, -0.1) is 24.8 Å². The molecule has 4 N–H and O–H groups in total. The van der Waals surface area contributed by atoms with E-state index in [-0.39, 0.29) is 43.5 Å². The first-order chi connectivity index (χ1) is 10.8. The molecular weight excluding hydrogens is 347 g/mol. The summed E-state index contributed by atoms with van der Waals surface area (Å²) >= 11 is 0. The van der Waals surface area contributed by atoms with Crippen LogP contribution in [0.2, 0.25) is 0 Å². The van der Waals surface area contributed by atoms with Gasteiger partial charge in [0.1, 0.15) is 11.9 Å². The van der Waals surface area contributed by atoms with E-state index in [0.717, 1.165) is 24.3 Å². The third kappa shape index (κ3) is 5.10. The SMILES string of the molecule is Cl.Cl.NCC(O)[C@@H]1C[C@@H](Oc2cccc(-c3ccccc3)c2)CN1. The topological polar surface area (TPSA) is 67.5 Å². The Morgan fingerprint density at radius 3 is 2.50 bits per heavy atom. The number of ether oxygens (including phenoxy) is 1. The average molecular weight is 371 g/mol. The maximum absolute atomic E-state index is 9.79. The van der Waals surface area contributed by atoms with Gasteiger partial charge in [0.25, 0.3) is 0 Å². The highest BCUT2D eigenvalue weighted by molar-refractivity contribution is 5.85. The molecule has 1 saturated heterocycles. The largest absolute Gasteiger partial charge is 0.489 e. The number of aliphatic hydroxyl groups is 1. The number of benzene rings is 2. The molecule has 3 atom stereocenters. The lowest BCUT2D eigenvalue weighted by molar-refractivity contribution is 0.135. The van der Waals surface area contributed by atoms with Gasteiger partial charge in [-0.3, -0.25) is 0 Å². The zero-order valence-corrected chi connectivity index (χ0v) is 14.9. The van der Waals surface area contributed by atoms with E-state index in [9.17, 15) is 5.11 Å². The molecule has 0 amide bonds. The summed E-state index contributed by atoms with van der Waals surface area (Å²) in [5, 5.41) is 13.1. The molecule has 1 heterocycles. The number of nitrogens with one attached hydrogen (secondary N) is 1. The fourth-order valence-electron chi connectivity index (χ4n) is 2.85. The molecule has 1 aliphatic rings. The van der Waals surface area contributed by atoms with Crippen molar-refractivity contribution in [3.63, 3.8) is 0 Å². The Bertz CT molecular complexity index is 613. The van der Waals surface area contributed by atoms with Gasteiger partial charge in [0.05, 0.1) is 6.10 Å². The third-order valence-corrected chi connectivity index (χ3v) is 4.07. The van der Waals surface area contributed by atoms with Crippen molar-refractivity contribution in [3.8, 4) is 16.9 Å². The first-order valence-electron chi connectivity index (χ1n) is 7.70. The van der Waals surface area contributed by atoms with Crippen molar-refractivity contribution < 1.29 is 9.84 Å². The van der Waals surface area contributed by atoms with Crippen LogP contribution in [0.15, 0.2) is 54.6 Å². The molecule has 0 bridgehead atoms. The van der Waals surface area contributed by atoms with Crippen molar-refractivity contribution in [3.05, 3.63) is 54.6 Å². The van der Waals surface area contributed by atoms with E-state index >= 15 is 0 Å². The number of halogens is 2. The lowest BCUT2D eigenvalue weighted by Gasteiger charge is -2.17. The number of rotatable bonds is 5. The Morgan fingerprint density at radius 2 is 1.79 bits per heavy atom. The molecule has 0 aromatic heterocycles. The van der Waals surface area contributed by atoms with Crippen LogP contribution in [0.3, 0.4) is 0 Å². The van der Waals surface area contributed by atoms with Gasteiger partial charge in [0, 0.05) is 25.6 Å². The summed E-state index contributed by atoms with van der Waals surface area (Å²) in [4.78, 5) is 0. The number of nitrogens with two attached hydrogens (primary N) is 1. The highest BCUT2D eigenvalue weighted by Crippen LogP contribution is 2.25. The first kappa shape index (κ1) is 20.7. The molecule has 3 rings (SSSR count). The normalized spacial score (nSPS) is 20.6. The minimum atomic E-state index is -0.510. The number of aliphatic hydroxyl groups excluding tert-OH is 1. The Kier molecular flexibility index (Phi) is 8.53. The summed E-state index contributed by atoms with van der Waals surface area (Å²) in [5.74, 6) is 0.857. The van der Waals surface area contributed by atoms with E-state index in [1.165, 1.54) is 5.56 Å². The molecule has 2 aromatic rings. The number of hydrogen-bond acceptors (Lipinski definition) is 4. The van der Waals surface area contributed by atoms with Crippen molar-refractivity contribution in [2.24, 2.45) is 5.73 Å². The monoisotopic (exact) mass is 370 g/mol. The molecule has 0 aliphatic carbocycles.